The monoisotopic (exact) mass is 596 g/mol. The van der Waals surface area contributed by atoms with Crippen LogP contribution in [0.15, 0.2) is 87.9 Å². The number of benzene rings is 2. The molecule has 0 aliphatic carbocycles. The number of halogens is 2. The minimum absolute atomic E-state index is 0.0643. The summed E-state index contributed by atoms with van der Waals surface area (Å²) in [6.07, 6.45) is 1.75. The third-order valence-electron chi connectivity index (χ3n) is 5.93. The summed E-state index contributed by atoms with van der Waals surface area (Å²) in [5.41, 5.74) is 3.02. The first kappa shape index (κ1) is 25.4. The van der Waals surface area contributed by atoms with Crippen LogP contribution in [0.25, 0.3) is 11.3 Å². The van der Waals surface area contributed by atoms with Crippen molar-refractivity contribution in [2.45, 2.75) is 12.1 Å². The Labute approximate surface area is 232 Å². The number of nitrogens with one attached hydrogen (secondary N) is 2. The fraction of sp³-hybridized carbons (Fsp3) is 0.148. The van der Waals surface area contributed by atoms with E-state index in [0.717, 1.165) is 32.9 Å². The Balaban J connectivity index is 1.53. The minimum atomic E-state index is -0.336. The Morgan fingerprint density at radius 3 is 2.70 bits per heavy atom. The molecule has 1 fully saturated rings. The van der Waals surface area contributed by atoms with Crippen molar-refractivity contribution in [2.75, 3.05) is 23.9 Å². The number of thiocarbonyl (C=S) groups is 1. The molecule has 2 aromatic heterocycles. The molecule has 2 aromatic carbocycles. The summed E-state index contributed by atoms with van der Waals surface area (Å²) < 4.78 is 12.3. The molecular weight excluding hydrogens is 576 g/mol. The molecule has 0 saturated carbocycles. The van der Waals surface area contributed by atoms with Crippen molar-refractivity contribution in [3.63, 3.8) is 0 Å². The predicted octanol–water partition coefficient (Wildman–Crippen LogP) is 6.52. The molecule has 188 valence electrons. The lowest BCUT2D eigenvalue weighted by atomic mass is 10.0. The van der Waals surface area contributed by atoms with Crippen molar-refractivity contribution in [2.24, 2.45) is 0 Å². The van der Waals surface area contributed by atoms with Crippen LogP contribution < -0.4 is 15.5 Å². The van der Waals surface area contributed by atoms with E-state index in [9.17, 15) is 4.79 Å². The third-order valence-corrected chi connectivity index (χ3v) is 7.08. The van der Waals surface area contributed by atoms with Crippen LogP contribution in [0.1, 0.15) is 23.5 Å². The largest absolute Gasteiger partial charge is 0.459 e. The third kappa shape index (κ3) is 5.40. The molecule has 1 amide bonds. The topological polar surface area (TPSA) is 79.6 Å². The number of nitrogens with zero attached hydrogens (tertiary/aromatic N) is 2. The van der Waals surface area contributed by atoms with Gasteiger partial charge in [0.1, 0.15) is 24.2 Å². The van der Waals surface area contributed by atoms with E-state index in [-0.39, 0.29) is 24.6 Å². The number of amides is 1. The zero-order valence-corrected chi connectivity index (χ0v) is 22.8. The second-order valence-electron chi connectivity index (χ2n) is 8.35. The quantitative estimate of drug-likeness (QED) is 0.235. The highest BCUT2D eigenvalue weighted by atomic mass is 79.9. The van der Waals surface area contributed by atoms with E-state index >= 15 is 0 Å². The summed E-state index contributed by atoms with van der Waals surface area (Å²) in [6, 6.07) is 22.4. The molecule has 10 heteroatoms. The molecule has 0 spiro atoms. The Kier molecular flexibility index (Phi) is 7.57. The van der Waals surface area contributed by atoms with Crippen LogP contribution in [0.2, 0.25) is 5.02 Å². The van der Waals surface area contributed by atoms with Gasteiger partial charge >= 0.3 is 0 Å². The molecule has 1 aliphatic rings. The lowest BCUT2D eigenvalue weighted by Crippen LogP contribution is -2.29. The number of carbonyl (C=O) groups excluding carboxylic acids is 1. The van der Waals surface area contributed by atoms with Gasteiger partial charge in [-0.05, 0) is 66.8 Å². The van der Waals surface area contributed by atoms with Crippen LogP contribution in [0.4, 0.5) is 11.4 Å². The number of methoxy groups -OCH3 is 1. The number of aromatic nitrogens is 1. The van der Waals surface area contributed by atoms with Gasteiger partial charge in [0, 0.05) is 29.0 Å². The maximum Gasteiger partial charge on any atom is 0.250 e. The summed E-state index contributed by atoms with van der Waals surface area (Å²) in [6.45, 7) is -0.0643. The number of pyridine rings is 1. The van der Waals surface area contributed by atoms with Crippen LogP contribution in [0.5, 0.6) is 0 Å². The number of anilines is 2. The molecular formula is C27H22BrClN4O3S. The summed E-state index contributed by atoms with van der Waals surface area (Å²) in [5, 5.41) is 7.04. The van der Waals surface area contributed by atoms with Gasteiger partial charge in [0.2, 0.25) is 5.91 Å². The van der Waals surface area contributed by atoms with Crippen molar-refractivity contribution < 1.29 is 13.9 Å². The van der Waals surface area contributed by atoms with Gasteiger partial charge in [0.05, 0.1) is 22.4 Å². The standard InChI is InChI=1S/C27H22BrClN4O3S/c1-35-15-24(34)31-20-10-9-18(14-19(20)29)33-26(25(32-27(33)37)21-4-2-3-13-30-21)23-12-11-22(36-23)16-5-7-17(28)8-6-16/h2-14,25-26H,15H2,1H3,(H,31,34)(H,32,37). The molecule has 2 N–H and O–H groups in total. The number of rotatable bonds is 7. The van der Waals surface area contributed by atoms with E-state index in [4.69, 9.17) is 33.0 Å². The van der Waals surface area contributed by atoms with Gasteiger partial charge < -0.3 is 24.7 Å². The summed E-state index contributed by atoms with van der Waals surface area (Å²) in [5.74, 6) is 1.17. The highest BCUT2D eigenvalue weighted by Crippen LogP contribution is 2.44. The highest BCUT2D eigenvalue weighted by molar-refractivity contribution is 9.10. The van der Waals surface area contributed by atoms with E-state index in [1.807, 2.05) is 65.6 Å². The van der Waals surface area contributed by atoms with Gasteiger partial charge in [-0.2, -0.15) is 0 Å². The SMILES string of the molecule is COCC(=O)Nc1ccc(N2C(=S)NC(c3ccccn3)C2c2ccc(-c3ccc(Br)cc3)o2)cc1Cl. The van der Waals surface area contributed by atoms with Crippen molar-refractivity contribution in [1.29, 1.82) is 0 Å². The Hall–Kier alpha value is -3.24. The van der Waals surface area contributed by atoms with E-state index in [1.165, 1.54) is 7.11 Å². The van der Waals surface area contributed by atoms with Gasteiger partial charge in [-0.15, -0.1) is 0 Å². The van der Waals surface area contributed by atoms with Crippen molar-refractivity contribution in [1.82, 2.24) is 10.3 Å². The molecule has 4 aromatic rings. The molecule has 0 radical (unpaired) electrons. The van der Waals surface area contributed by atoms with Crippen molar-refractivity contribution >= 4 is 62.1 Å². The molecule has 0 bridgehead atoms. The van der Waals surface area contributed by atoms with Gasteiger partial charge in [0.15, 0.2) is 5.11 Å². The Morgan fingerprint density at radius 2 is 2.00 bits per heavy atom. The predicted molar refractivity (Wildman–Crippen MR) is 152 cm³/mol. The van der Waals surface area contributed by atoms with Crippen LogP contribution in [0, 0.1) is 0 Å². The van der Waals surface area contributed by atoms with Gasteiger partial charge in [-0.25, -0.2) is 0 Å². The smallest absolute Gasteiger partial charge is 0.250 e. The van der Waals surface area contributed by atoms with Gasteiger partial charge in [-0.1, -0.05) is 45.7 Å². The van der Waals surface area contributed by atoms with Crippen LogP contribution >= 0.6 is 39.7 Å². The first-order chi connectivity index (χ1) is 17.9. The van der Waals surface area contributed by atoms with Crippen LogP contribution in [-0.2, 0) is 9.53 Å². The average molecular weight is 598 g/mol. The minimum Gasteiger partial charge on any atom is -0.459 e. The Bertz CT molecular complexity index is 1430. The first-order valence-corrected chi connectivity index (χ1v) is 13.0. The summed E-state index contributed by atoms with van der Waals surface area (Å²) in [7, 11) is 1.46. The lowest BCUT2D eigenvalue weighted by molar-refractivity contribution is -0.119. The Morgan fingerprint density at radius 1 is 1.19 bits per heavy atom. The number of furan rings is 1. The molecule has 7 nitrogen and oxygen atoms in total. The van der Waals surface area contributed by atoms with E-state index < -0.39 is 0 Å². The second kappa shape index (κ2) is 11.0. The first-order valence-electron chi connectivity index (χ1n) is 11.4. The van der Waals surface area contributed by atoms with Gasteiger partial charge in [-0.3, -0.25) is 9.78 Å². The van der Waals surface area contributed by atoms with Crippen LogP contribution in [-0.4, -0.2) is 29.7 Å². The number of ether oxygens (including phenoxy) is 1. The average Bonchev–Trinajstić information content (AvgIpc) is 3.51. The molecule has 3 heterocycles. The maximum atomic E-state index is 12.0. The molecule has 1 saturated heterocycles. The number of hydrogen-bond acceptors (Lipinski definition) is 5. The second-order valence-corrected chi connectivity index (χ2v) is 10.1. The zero-order valence-electron chi connectivity index (χ0n) is 19.7. The van der Waals surface area contributed by atoms with E-state index in [2.05, 4.69) is 31.5 Å². The van der Waals surface area contributed by atoms with E-state index in [0.29, 0.717) is 15.8 Å². The molecule has 2 atom stereocenters. The van der Waals surface area contributed by atoms with Crippen molar-refractivity contribution in [3.8, 4) is 11.3 Å². The van der Waals surface area contributed by atoms with Gasteiger partial charge in [0.25, 0.3) is 0 Å². The van der Waals surface area contributed by atoms with Crippen LogP contribution in [0.3, 0.4) is 0 Å². The normalized spacial score (nSPS) is 17.1. The number of hydrogen-bond donors (Lipinski definition) is 2. The zero-order chi connectivity index (χ0) is 25.9. The fourth-order valence-electron chi connectivity index (χ4n) is 4.28. The molecule has 37 heavy (non-hydrogen) atoms. The summed E-state index contributed by atoms with van der Waals surface area (Å²) in [4.78, 5) is 18.5. The maximum absolute atomic E-state index is 12.0. The fourth-order valence-corrected chi connectivity index (χ4v) is 5.11. The summed E-state index contributed by atoms with van der Waals surface area (Å²) >= 11 is 15.8. The molecule has 5 rings (SSSR count). The molecule has 1 aliphatic heterocycles. The van der Waals surface area contributed by atoms with E-state index in [1.54, 1.807) is 18.3 Å². The lowest BCUT2D eigenvalue weighted by Gasteiger charge is -2.26. The van der Waals surface area contributed by atoms with Crippen molar-refractivity contribution in [3.05, 3.63) is 99.9 Å². The molecule has 2 unspecified atom stereocenters. The number of carbonyl (C=O) groups is 1. The highest BCUT2D eigenvalue weighted by Gasteiger charge is 2.42.